The van der Waals surface area contributed by atoms with Crippen LogP contribution >= 0.6 is 0 Å². The highest BCUT2D eigenvalue weighted by Crippen LogP contribution is 2.36. The number of ether oxygens (including phenoxy) is 2. The Hall–Kier alpha value is -6.69. The van der Waals surface area contributed by atoms with Gasteiger partial charge in [-0.1, -0.05) is 60.7 Å². The Kier molecular flexibility index (Phi) is 11.5. The van der Waals surface area contributed by atoms with E-state index < -0.39 is 17.7 Å². The zero-order valence-corrected chi connectivity index (χ0v) is 34.4. The molecule has 0 saturated carbocycles. The Morgan fingerprint density at radius 3 is 1.62 bits per heavy atom. The lowest BCUT2D eigenvalue weighted by atomic mass is 9.99. The largest absolute Gasteiger partial charge is 0.457 e. The number of carbonyl (C=O) groups is 3. The van der Waals surface area contributed by atoms with Crippen molar-refractivity contribution >= 4 is 17.9 Å². The van der Waals surface area contributed by atoms with Gasteiger partial charge in [-0.3, -0.25) is 9.59 Å². The molecule has 0 radical (unpaired) electrons. The highest BCUT2D eigenvalue weighted by Gasteiger charge is 2.38. The fourth-order valence-electron chi connectivity index (χ4n) is 8.13. The molecule has 2 fully saturated rings. The Morgan fingerprint density at radius 1 is 0.667 bits per heavy atom. The lowest BCUT2D eigenvalue weighted by Gasteiger charge is -2.29. The maximum absolute atomic E-state index is 14.1. The van der Waals surface area contributed by atoms with E-state index in [0.717, 1.165) is 66.1 Å². The lowest BCUT2D eigenvalue weighted by molar-refractivity contribution is -0.135. The minimum absolute atomic E-state index is 0.0783. The molecule has 4 heterocycles. The predicted octanol–water partition coefficient (Wildman–Crippen LogP) is 9.66. The monoisotopic (exact) mass is 805 g/mol. The van der Waals surface area contributed by atoms with Crippen molar-refractivity contribution in [1.82, 2.24) is 35.1 Å². The molecule has 8 rings (SSSR count). The summed E-state index contributed by atoms with van der Waals surface area (Å²) in [6.45, 7) is 8.62. The van der Waals surface area contributed by atoms with Crippen LogP contribution < -0.4 is 10.1 Å². The van der Waals surface area contributed by atoms with E-state index in [0.29, 0.717) is 29.4 Å². The van der Waals surface area contributed by atoms with Gasteiger partial charge >= 0.3 is 6.09 Å². The molecule has 4 atom stereocenters. The molecule has 4 aromatic carbocycles. The number of rotatable bonds is 11. The SMILES string of the molecule is C[C@@H](C(=O)N1CCC[C@H]1c1ncc(-c2ccc(Oc3ccc(-c4cnc([C@@H]5CCCN5C(=O)[C@H](NC(=O)OC(C)(C)C)c5ccccc5)[nH]4)cc3)cc2)[nH]1)c1ccccc1. The normalized spacial score (nSPS) is 17.6. The van der Waals surface area contributed by atoms with Gasteiger partial charge in [0.1, 0.15) is 34.8 Å². The molecule has 3 amide bonds. The van der Waals surface area contributed by atoms with Crippen molar-refractivity contribution in [3.05, 3.63) is 144 Å². The Balaban J connectivity index is 0.892. The molecule has 308 valence electrons. The van der Waals surface area contributed by atoms with Crippen LogP contribution in [0.1, 0.15) is 100 Å². The van der Waals surface area contributed by atoms with E-state index in [-0.39, 0.29) is 29.8 Å². The summed E-state index contributed by atoms with van der Waals surface area (Å²) in [5.74, 6) is 2.57. The number of benzene rings is 4. The zero-order valence-electron chi connectivity index (χ0n) is 34.4. The van der Waals surface area contributed by atoms with Crippen molar-refractivity contribution < 1.29 is 23.9 Å². The van der Waals surface area contributed by atoms with Gasteiger partial charge in [0.25, 0.3) is 5.91 Å². The van der Waals surface area contributed by atoms with E-state index >= 15 is 0 Å². The van der Waals surface area contributed by atoms with Crippen LogP contribution in [0.3, 0.4) is 0 Å². The van der Waals surface area contributed by atoms with Crippen LogP contribution in [0.25, 0.3) is 22.5 Å². The Labute approximate surface area is 350 Å². The molecular formula is C48H51N7O5. The number of hydrogen-bond donors (Lipinski definition) is 3. The summed E-state index contributed by atoms with van der Waals surface area (Å²) in [7, 11) is 0. The Morgan fingerprint density at radius 2 is 1.13 bits per heavy atom. The van der Waals surface area contributed by atoms with Crippen molar-refractivity contribution in [2.75, 3.05) is 13.1 Å². The zero-order chi connectivity index (χ0) is 41.8. The first kappa shape index (κ1) is 40.1. The Bertz CT molecular complexity index is 2410. The highest BCUT2D eigenvalue weighted by molar-refractivity contribution is 5.87. The van der Waals surface area contributed by atoms with E-state index in [2.05, 4.69) is 15.3 Å². The lowest BCUT2D eigenvalue weighted by Crippen LogP contribution is -2.44. The molecule has 60 heavy (non-hydrogen) atoms. The molecular weight excluding hydrogens is 755 g/mol. The maximum atomic E-state index is 14.1. The maximum Gasteiger partial charge on any atom is 0.408 e. The van der Waals surface area contributed by atoms with Crippen molar-refractivity contribution in [3.8, 4) is 34.0 Å². The van der Waals surface area contributed by atoms with E-state index in [1.165, 1.54) is 0 Å². The van der Waals surface area contributed by atoms with Crippen LogP contribution in [0.2, 0.25) is 0 Å². The smallest absolute Gasteiger partial charge is 0.408 e. The number of alkyl carbamates (subject to hydrolysis) is 1. The number of nitrogens with one attached hydrogen (secondary N) is 3. The van der Waals surface area contributed by atoms with Gasteiger partial charge in [0.05, 0.1) is 41.8 Å². The van der Waals surface area contributed by atoms with Gasteiger partial charge in [0.15, 0.2) is 0 Å². The minimum atomic E-state index is -0.904. The molecule has 6 aromatic rings. The van der Waals surface area contributed by atoms with Crippen LogP contribution in [0.5, 0.6) is 11.5 Å². The van der Waals surface area contributed by atoms with Crippen molar-refractivity contribution in [2.45, 2.75) is 83.0 Å². The molecule has 2 aliphatic rings. The average molecular weight is 806 g/mol. The van der Waals surface area contributed by atoms with Crippen LogP contribution in [0, 0.1) is 0 Å². The summed E-state index contributed by atoms with van der Waals surface area (Å²) in [6, 6.07) is 33.5. The second-order valence-corrected chi connectivity index (χ2v) is 16.5. The van der Waals surface area contributed by atoms with E-state index in [4.69, 9.17) is 19.4 Å². The minimum Gasteiger partial charge on any atom is -0.457 e. The van der Waals surface area contributed by atoms with Crippen molar-refractivity contribution in [3.63, 3.8) is 0 Å². The summed E-state index contributed by atoms with van der Waals surface area (Å²) >= 11 is 0. The van der Waals surface area contributed by atoms with Gasteiger partial charge in [0, 0.05) is 13.1 Å². The molecule has 0 bridgehead atoms. The topological polar surface area (TPSA) is 146 Å². The average Bonchev–Trinajstić information content (AvgIpc) is 4.10. The number of imidazole rings is 2. The molecule has 2 saturated heterocycles. The molecule has 0 unspecified atom stereocenters. The number of H-pyrrole nitrogens is 2. The molecule has 3 N–H and O–H groups in total. The third-order valence-corrected chi connectivity index (χ3v) is 11.2. The first-order valence-corrected chi connectivity index (χ1v) is 20.7. The van der Waals surface area contributed by atoms with Gasteiger partial charge in [-0.15, -0.1) is 0 Å². The van der Waals surface area contributed by atoms with Crippen LogP contribution in [-0.2, 0) is 14.3 Å². The highest BCUT2D eigenvalue weighted by atomic mass is 16.6. The summed E-state index contributed by atoms with van der Waals surface area (Å²) in [5, 5.41) is 2.81. The number of carbonyl (C=O) groups excluding carboxylic acids is 3. The number of hydrogen-bond acceptors (Lipinski definition) is 7. The fraction of sp³-hybridized carbons (Fsp3) is 0.312. The summed E-state index contributed by atoms with van der Waals surface area (Å²) in [4.78, 5) is 60.6. The number of aromatic amines is 2. The number of nitrogens with zero attached hydrogens (tertiary/aromatic N) is 4. The quantitative estimate of drug-likeness (QED) is 0.118. The predicted molar refractivity (Wildman–Crippen MR) is 229 cm³/mol. The van der Waals surface area contributed by atoms with Gasteiger partial charge in [-0.2, -0.15) is 0 Å². The second-order valence-electron chi connectivity index (χ2n) is 16.5. The van der Waals surface area contributed by atoms with E-state index in [9.17, 15) is 14.4 Å². The summed E-state index contributed by atoms with van der Waals surface area (Å²) in [6.07, 6.45) is 6.34. The van der Waals surface area contributed by atoms with Crippen molar-refractivity contribution in [1.29, 1.82) is 0 Å². The van der Waals surface area contributed by atoms with E-state index in [1.807, 2.05) is 127 Å². The van der Waals surface area contributed by atoms with Gasteiger partial charge in [-0.05, 0) is 124 Å². The van der Waals surface area contributed by atoms with Crippen LogP contribution in [-0.4, -0.2) is 66.3 Å². The first-order valence-electron chi connectivity index (χ1n) is 20.7. The van der Waals surface area contributed by atoms with Crippen LogP contribution in [0.15, 0.2) is 122 Å². The molecule has 12 heteroatoms. The number of aromatic nitrogens is 4. The summed E-state index contributed by atoms with van der Waals surface area (Å²) < 4.78 is 11.7. The fourth-order valence-corrected chi connectivity index (χ4v) is 8.13. The molecule has 0 aliphatic carbocycles. The van der Waals surface area contributed by atoms with Crippen molar-refractivity contribution in [2.24, 2.45) is 0 Å². The van der Waals surface area contributed by atoms with Gasteiger partial charge in [0.2, 0.25) is 5.91 Å². The molecule has 0 spiro atoms. The molecule has 2 aliphatic heterocycles. The standard InChI is InChI=1S/C48H51N7O5/c1-31(32-13-7-5-8-14-32)45(56)54-27-11-17-40(54)43-49-29-38(51-43)33-19-23-36(24-20-33)59-37-25-21-34(22-26-37)39-30-50-44(52-39)41-18-12-28-55(41)46(57)42(35-15-9-6-10-16-35)53-47(58)60-48(2,3)4/h5-10,13-16,19-26,29-31,40-42H,11-12,17-18,27-28H2,1-4H3,(H,49,51)(H,50,52)(H,53,58)/t31-,40+,41+,42-/m1/s1. The van der Waals surface area contributed by atoms with Crippen LogP contribution in [0.4, 0.5) is 4.79 Å². The van der Waals surface area contributed by atoms with Gasteiger partial charge < -0.3 is 34.6 Å². The molecule has 2 aromatic heterocycles. The first-order chi connectivity index (χ1) is 29.0. The third kappa shape index (κ3) is 8.97. The van der Waals surface area contributed by atoms with Gasteiger partial charge in [-0.25, -0.2) is 14.8 Å². The molecule has 12 nitrogen and oxygen atoms in total. The number of likely N-dealkylation sites (tertiary alicyclic amines) is 2. The third-order valence-electron chi connectivity index (χ3n) is 11.2. The second kappa shape index (κ2) is 17.3. The van der Waals surface area contributed by atoms with E-state index in [1.54, 1.807) is 31.9 Å². The summed E-state index contributed by atoms with van der Waals surface area (Å²) in [5.41, 5.74) is 4.59. The number of amides is 3.